The molecule has 0 N–H and O–H groups in total. The van der Waals surface area contributed by atoms with Crippen LogP contribution in [0.5, 0.6) is 5.88 Å². The van der Waals surface area contributed by atoms with Crippen molar-refractivity contribution in [3.63, 3.8) is 0 Å². The Morgan fingerprint density at radius 3 is 2.30 bits per heavy atom. The van der Waals surface area contributed by atoms with Crippen LogP contribution >= 0.6 is 0 Å². The molecule has 1 aromatic carbocycles. The van der Waals surface area contributed by atoms with E-state index in [0.29, 0.717) is 0 Å². The number of nitro benzene ring substituents is 1. The average Bonchev–Trinajstić information content (AvgIpc) is 2.50. The van der Waals surface area contributed by atoms with Gasteiger partial charge in [-0.2, -0.15) is 0 Å². The Kier molecular flexibility index (Phi) is 5.83. The number of hydrogen-bond acceptors (Lipinski definition) is 5. The molecule has 0 fully saturated rings. The normalized spacial score (nSPS) is 9.10. The summed E-state index contributed by atoms with van der Waals surface area (Å²) in [6.07, 6.45) is 1.50. The summed E-state index contributed by atoms with van der Waals surface area (Å²) in [5.74, 6) is -0.426. The van der Waals surface area contributed by atoms with E-state index >= 15 is 0 Å². The highest BCUT2D eigenvalue weighted by Gasteiger charge is 2.11. The molecule has 1 heterocycles. The Morgan fingerprint density at radius 1 is 1.15 bits per heavy atom. The summed E-state index contributed by atoms with van der Waals surface area (Å²) in [6.45, 7) is 4.00. The van der Waals surface area contributed by atoms with Crippen LogP contribution in [0.1, 0.15) is 24.2 Å². The minimum atomic E-state index is -0.608. The number of rotatable bonds is 3. The monoisotopic (exact) mass is 274 g/mol. The third kappa shape index (κ3) is 4.16. The van der Waals surface area contributed by atoms with Gasteiger partial charge in [0.2, 0.25) is 5.88 Å². The SMILES string of the molecule is CC.O=C(Oc1ccccn1)c1ccc([N+](=O)[O-])cc1. The lowest BCUT2D eigenvalue weighted by Crippen LogP contribution is -2.09. The molecule has 6 nitrogen and oxygen atoms in total. The summed E-state index contributed by atoms with van der Waals surface area (Å²) in [7, 11) is 0. The maximum Gasteiger partial charge on any atom is 0.344 e. The zero-order valence-electron chi connectivity index (χ0n) is 11.1. The summed E-state index contributed by atoms with van der Waals surface area (Å²) >= 11 is 0. The smallest absolute Gasteiger partial charge is 0.344 e. The molecule has 0 amide bonds. The van der Waals surface area contributed by atoms with Crippen molar-refractivity contribution in [2.24, 2.45) is 0 Å². The fraction of sp³-hybridized carbons (Fsp3) is 0.143. The van der Waals surface area contributed by atoms with Crippen LogP contribution in [0.25, 0.3) is 0 Å². The van der Waals surface area contributed by atoms with E-state index in [2.05, 4.69) is 4.98 Å². The number of pyridine rings is 1. The van der Waals surface area contributed by atoms with Gasteiger partial charge in [-0.3, -0.25) is 10.1 Å². The van der Waals surface area contributed by atoms with Crippen LogP contribution in [-0.2, 0) is 0 Å². The lowest BCUT2D eigenvalue weighted by molar-refractivity contribution is -0.384. The van der Waals surface area contributed by atoms with Crippen LogP contribution < -0.4 is 4.74 Å². The van der Waals surface area contributed by atoms with Gasteiger partial charge in [0.1, 0.15) is 0 Å². The molecule has 0 bridgehead atoms. The number of aromatic nitrogens is 1. The van der Waals surface area contributed by atoms with E-state index in [1.807, 2.05) is 13.8 Å². The molecule has 0 atom stereocenters. The Labute approximate surface area is 116 Å². The molecule has 2 rings (SSSR count). The number of ether oxygens (including phenoxy) is 1. The van der Waals surface area contributed by atoms with Gasteiger partial charge in [-0.15, -0.1) is 0 Å². The van der Waals surface area contributed by atoms with E-state index in [4.69, 9.17) is 4.74 Å². The molecule has 0 saturated heterocycles. The number of non-ortho nitro benzene ring substituents is 1. The van der Waals surface area contributed by atoms with Gasteiger partial charge in [0, 0.05) is 24.4 Å². The number of hydrogen-bond donors (Lipinski definition) is 0. The highest BCUT2D eigenvalue weighted by molar-refractivity contribution is 5.91. The third-order valence-electron chi connectivity index (χ3n) is 2.15. The Hall–Kier alpha value is -2.76. The summed E-state index contributed by atoms with van der Waals surface area (Å²) in [5, 5.41) is 10.5. The topological polar surface area (TPSA) is 82.3 Å². The minimum absolute atomic E-state index is 0.0793. The largest absolute Gasteiger partial charge is 0.404 e. The molecular formula is C14H14N2O4. The summed E-state index contributed by atoms with van der Waals surface area (Å²) in [6, 6.07) is 10.1. The quantitative estimate of drug-likeness (QED) is 0.487. The maximum absolute atomic E-state index is 11.7. The van der Waals surface area contributed by atoms with E-state index in [-0.39, 0.29) is 17.1 Å². The van der Waals surface area contributed by atoms with Gasteiger partial charge in [0.25, 0.3) is 5.69 Å². The Balaban J connectivity index is 0.000000956. The van der Waals surface area contributed by atoms with Gasteiger partial charge in [-0.05, 0) is 18.2 Å². The fourth-order valence-electron chi connectivity index (χ4n) is 1.28. The number of nitro groups is 1. The van der Waals surface area contributed by atoms with Crippen molar-refractivity contribution < 1.29 is 14.5 Å². The molecule has 0 aliphatic carbocycles. The third-order valence-corrected chi connectivity index (χ3v) is 2.15. The first-order valence-electron chi connectivity index (χ1n) is 6.04. The van der Waals surface area contributed by atoms with E-state index in [1.54, 1.807) is 18.2 Å². The molecule has 2 aromatic rings. The van der Waals surface area contributed by atoms with Gasteiger partial charge < -0.3 is 4.74 Å². The Morgan fingerprint density at radius 2 is 1.80 bits per heavy atom. The molecular weight excluding hydrogens is 260 g/mol. The molecule has 104 valence electrons. The molecule has 0 saturated carbocycles. The molecule has 0 aliphatic heterocycles. The predicted molar refractivity (Wildman–Crippen MR) is 73.6 cm³/mol. The fourth-order valence-corrected chi connectivity index (χ4v) is 1.28. The number of nitrogens with zero attached hydrogens (tertiary/aromatic N) is 2. The second-order valence-electron chi connectivity index (χ2n) is 3.36. The molecule has 0 radical (unpaired) electrons. The number of carbonyl (C=O) groups is 1. The van der Waals surface area contributed by atoms with E-state index < -0.39 is 10.9 Å². The van der Waals surface area contributed by atoms with Crippen LogP contribution in [0.15, 0.2) is 48.7 Å². The second-order valence-corrected chi connectivity index (χ2v) is 3.36. The van der Waals surface area contributed by atoms with Crippen LogP contribution in [0.3, 0.4) is 0 Å². The van der Waals surface area contributed by atoms with Crippen LogP contribution in [0.2, 0.25) is 0 Å². The lowest BCUT2D eigenvalue weighted by Gasteiger charge is -2.02. The van der Waals surface area contributed by atoms with Crippen molar-refractivity contribution in [3.05, 3.63) is 64.3 Å². The minimum Gasteiger partial charge on any atom is -0.404 e. The highest BCUT2D eigenvalue weighted by Crippen LogP contribution is 2.13. The van der Waals surface area contributed by atoms with E-state index in [1.165, 1.54) is 30.5 Å². The predicted octanol–water partition coefficient (Wildman–Crippen LogP) is 3.24. The average molecular weight is 274 g/mol. The maximum atomic E-state index is 11.7. The van der Waals surface area contributed by atoms with Gasteiger partial charge in [0.05, 0.1) is 10.5 Å². The molecule has 1 aromatic heterocycles. The van der Waals surface area contributed by atoms with Crippen LogP contribution in [-0.4, -0.2) is 15.9 Å². The van der Waals surface area contributed by atoms with Crippen molar-refractivity contribution >= 4 is 11.7 Å². The first-order chi connectivity index (χ1) is 9.66. The molecule has 0 aliphatic rings. The number of esters is 1. The summed E-state index contributed by atoms with van der Waals surface area (Å²) < 4.78 is 4.98. The van der Waals surface area contributed by atoms with E-state index in [0.717, 1.165) is 0 Å². The summed E-state index contributed by atoms with van der Waals surface area (Å²) in [5.41, 5.74) is 0.149. The molecule has 0 unspecified atom stereocenters. The lowest BCUT2D eigenvalue weighted by atomic mass is 10.2. The zero-order chi connectivity index (χ0) is 15.0. The zero-order valence-corrected chi connectivity index (χ0v) is 11.1. The van der Waals surface area contributed by atoms with Crippen molar-refractivity contribution in [2.45, 2.75) is 13.8 Å². The summed E-state index contributed by atoms with van der Waals surface area (Å²) in [4.78, 5) is 25.4. The number of carbonyl (C=O) groups excluding carboxylic acids is 1. The first-order valence-corrected chi connectivity index (χ1v) is 6.04. The van der Waals surface area contributed by atoms with Crippen molar-refractivity contribution in [2.75, 3.05) is 0 Å². The van der Waals surface area contributed by atoms with Gasteiger partial charge in [0.15, 0.2) is 0 Å². The van der Waals surface area contributed by atoms with Crippen molar-refractivity contribution in [3.8, 4) is 5.88 Å². The number of benzene rings is 1. The van der Waals surface area contributed by atoms with Gasteiger partial charge in [-0.25, -0.2) is 9.78 Å². The van der Waals surface area contributed by atoms with Crippen molar-refractivity contribution in [1.29, 1.82) is 0 Å². The first kappa shape index (κ1) is 15.3. The van der Waals surface area contributed by atoms with Gasteiger partial charge in [-0.1, -0.05) is 19.9 Å². The van der Waals surface area contributed by atoms with Crippen molar-refractivity contribution in [1.82, 2.24) is 4.98 Å². The van der Waals surface area contributed by atoms with Gasteiger partial charge >= 0.3 is 5.97 Å². The van der Waals surface area contributed by atoms with E-state index in [9.17, 15) is 14.9 Å². The molecule has 20 heavy (non-hydrogen) atoms. The standard InChI is InChI=1S/C12H8N2O4.C2H6/c15-12(18-11-3-1-2-8-13-11)9-4-6-10(7-5-9)14(16)17;1-2/h1-8H;1-2H3. The molecule has 6 heteroatoms. The van der Waals surface area contributed by atoms with Crippen LogP contribution in [0.4, 0.5) is 5.69 Å². The highest BCUT2D eigenvalue weighted by atomic mass is 16.6. The second kappa shape index (κ2) is 7.63. The molecule has 0 spiro atoms. The van der Waals surface area contributed by atoms with Crippen LogP contribution in [0, 0.1) is 10.1 Å². The Bertz CT molecular complexity index is 567.